The van der Waals surface area contributed by atoms with Crippen LogP contribution < -0.4 is 20.1 Å². The molecule has 0 spiro atoms. The zero-order valence-electron chi connectivity index (χ0n) is 20.6. The molecule has 0 saturated carbocycles. The minimum absolute atomic E-state index is 0.160. The highest BCUT2D eigenvalue weighted by atomic mass is 32.2. The van der Waals surface area contributed by atoms with Gasteiger partial charge in [-0.05, 0) is 76.1 Å². The van der Waals surface area contributed by atoms with Crippen molar-refractivity contribution in [2.75, 3.05) is 39.3 Å². The maximum atomic E-state index is 12.6. The van der Waals surface area contributed by atoms with E-state index in [0.717, 1.165) is 49.4 Å². The highest BCUT2D eigenvalue weighted by Gasteiger charge is 2.19. The molecule has 206 valence electrons. The quantitative estimate of drug-likeness (QED) is 0.131. The van der Waals surface area contributed by atoms with E-state index in [2.05, 4.69) is 37.6 Å². The summed E-state index contributed by atoms with van der Waals surface area (Å²) >= 11 is 1.99. The van der Waals surface area contributed by atoms with Gasteiger partial charge in [-0.25, -0.2) is 26.3 Å². The zero-order valence-corrected chi connectivity index (χ0v) is 23.9. The molecular formula is C22H30N8O4S4. The fraction of sp³-hybridized carbons (Fsp3) is 0.455. The highest BCUT2D eigenvalue weighted by molar-refractivity contribution is 7.90. The molecule has 0 fully saturated rings. The van der Waals surface area contributed by atoms with Gasteiger partial charge in [0.15, 0.2) is 0 Å². The van der Waals surface area contributed by atoms with Crippen LogP contribution >= 0.6 is 23.5 Å². The van der Waals surface area contributed by atoms with Gasteiger partial charge in [0.05, 0.1) is 23.5 Å². The molecule has 2 heterocycles. The summed E-state index contributed by atoms with van der Waals surface area (Å²) < 4.78 is 71.8. The lowest BCUT2D eigenvalue weighted by atomic mass is 10.3. The number of hydrogen-bond acceptors (Lipinski definition) is 12. The number of fused-ring (bicyclic) bond motifs is 2. The van der Waals surface area contributed by atoms with Crippen molar-refractivity contribution in [1.82, 2.24) is 37.6 Å². The van der Waals surface area contributed by atoms with E-state index in [9.17, 15) is 16.8 Å². The van der Waals surface area contributed by atoms with E-state index < -0.39 is 20.0 Å². The summed E-state index contributed by atoms with van der Waals surface area (Å²) in [5.41, 5.74) is 1.97. The summed E-state index contributed by atoms with van der Waals surface area (Å²) in [6.07, 6.45) is 3.31. The topological polar surface area (TPSA) is 168 Å². The number of hydrogen-bond donors (Lipinski definition) is 4. The van der Waals surface area contributed by atoms with Crippen LogP contribution in [0, 0.1) is 0 Å². The molecule has 16 heteroatoms. The molecule has 0 amide bonds. The van der Waals surface area contributed by atoms with Crippen LogP contribution in [0.4, 0.5) is 0 Å². The van der Waals surface area contributed by atoms with Crippen molar-refractivity contribution in [2.24, 2.45) is 0 Å². The second-order valence-corrected chi connectivity index (χ2v) is 13.0. The molecule has 0 bridgehead atoms. The summed E-state index contributed by atoms with van der Waals surface area (Å²) in [5.74, 6) is 0. The van der Waals surface area contributed by atoms with Crippen LogP contribution in [0.2, 0.25) is 0 Å². The van der Waals surface area contributed by atoms with Gasteiger partial charge >= 0.3 is 0 Å². The lowest BCUT2D eigenvalue weighted by Gasteiger charge is -2.09. The van der Waals surface area contributed by atoms with Gasteiger partial charge in [0.25, 0.3) is 0 Å². The lowest BCUT2D eigenvalue weighted by molar-refractivity contribution is 0.553. The van der Waals surface area contributed by atoms with E-state index in [4.69, 9.17) is 0 Å². The standard InChI is InChI=1S/C22H30N8O4S4/c31-37(32,19-9-3-7-17-21(19)29-35-27-17)25-15-5-13-23-11-1-2-12-24-14-6-16-26-38(33,34)20-10-4-8-18-22(20)30-36-28-18/h3-4,7-10,23-26H,1-2,5-6,11-16H2. The van der Waals surface area contributed by atoms with Crippen LogP contribution in [0.15, 0.2) is 46.2 Å². The van der Waals surface area contributed by atoms with Gasteiger partial charge < -0.3 is 10.6 Å². The predicted molar refractivity (Wildman–Crippen MR) is 149 cm³/mol. The van der Waals surface area contributed by atoms with Crippen molar-refractivity contribution in [3.8, 4) is 0 Å². The van der Waals surface area contributed by atoms with E-state index in [1.54, 1.807) is 36.4 Å². The van der Waals surface area contributed by atoms with Gasteiger partial charge in [-0.1, -0.05) is 12.1 Å². The molecule has 0 unspecified atom stereocenters. The number of rotatable bonds is 17. The average molecular weight is 599 g/mol. The third-order valence-corrected chi connectivity index (χ3v) is 9.75. The Balaban J connectivity index is 1.000. The maximum Gasteiger partial charge on any atom is 0.242 e. The number of nitrogens with one attached hydrogen (secondary N) is 4. The third-order valence-electron chi connectivity index (χ3n) is 5.68. The molecule has 4 aromatic rings. The van der Waals surface area contributed by atoms with Crippen molar-refractivity contribution >= 4 is 65.6 Å². The van der Waals surface area contributed by atoms with E-state index in [-0.39, 0.29) is 9.79 Å². The second kappa shape index (κ2) is 13.7. The van der Waals surface area contributed by atoms with E-state index in [1.807, 2.05) is 0 Å². The molecule has 38 heavy (non-hydrogen) atoms. The number of unbranched alkanes of at least 4 members (excludes halogenated alkanes) is 1. The predicted octanol–water partition coefficient (Wildman–Crippen LogP) is 1.69. The summed E-state index contributed by atoms with van der Waals surface area (Å²) in [7, 11) is -7.25. The van der Waals surface area contributed by atoms with Gasteiger partial charge in [-0.2, -0.15) is 17.5 Å². The van der Waals surface area contributed by atoms with Crippen LogP contribution in [0.1, 0.15) is 25.7 Å². The van der Waals surface area contributed by atoms with Crippen LogP contribution in [0.5, 0.6) is 0 Å². The lowest BCUT2D eigenvalue weighted by Crippen LogP contribution is -2.28. The Morgan fingerprint density at radius 3 is 1.42 bits per heavy atom. The van der Waals surface area contributed by atoms with Gasteiger partial charge in [-0.15, -0.1) is 0 Å². The molecule has 0 atom stereocenters. The Morgan fingerprint density at radius 2 is 0.974 bits per heavy atom. The largest absolute Gasteiger partial charge is 0.317 e. The van der Waals surface area contributed by atoms with Crippen molar-refractivity contribution < 1.29 is 16.8 Å². The van der Waals surface area contributed by atoms with Crippen LogP contribution in [-0.4, -0.2) is 73.6 Å². The molecule has 0 aliphatic rings. The van der Waals surface area contributed by atoms with Gasteiger partial charge in [-0.3, -0.25) is 0 Å². The first-order chi connectivity index (χ1) is 18.4. The Morgan fingerprint density at radius 1 is 0.553 bits per heavy atom. The first-order valence-electron chi connectivity index (χ1n) is 12.2. The Kier molecular flexibility index (Phi) is 10.4. The van der Waals surface area contributed by atoms with E-state index >= 15 is 0 Å². The molecule has 12 nitrogen and oxygen atoms in total. The van der Waals surface area contributed by atoms with Crippen LogP contribution in [0.3, 0.4) is 0 Å². The molecular weight excluding hydrogens is 569 g/mol. The molecule has 0 radical (unpaired) electrons. The summed E-state index contributed by atoms with van der Waals surface area (Å²) in [5, 5.41) is 6.64. The summed E-state index contributed by atoms with van der Waals surface area (Å²) in [6.45, 7) is 3.78. The van der Waals surface area contributed by atoms with Gasteiger partial charge in [0.1, 0.15) is 31.9 Å². The zero-order chi connectivity index (χ0) is 26.8. The minimum Gasteiger partial charge on any atom is -0.317 e. The SMILES string of the molecule is O=S(=O)(NCCCNCCCCNCCCNS(=O)(=O)c1cccc2nsnc12)c1cccc2nsnc12. The highest BCUT2D eigenvalue weighted by Crippen LogP contribution is 2.21. The fourth-order valence-corrected chi connectivity index (χ4v) is 7.42. The Labute approximate surface area is 230 Å². The number of nitrogens with zero attached hydrogens (tertiary/aromatic N) is 4. The van der Waals surface area contributed by atoms with E-state index in [1.165, 1.54) is 0 Å². The summed E-state index contributed by atoms with van der Waals surface area (Å²) in [6, 6.07) is 9.90. The first-order valence-corrected chi connectivity index (χ1v) is 16.6. The molecule has 0 saturated heterocycles. The van der Waals surface area contributed by atoms with Gasteiger partial charge in [0.2, 0.25) is 20.0 Å². The van der Waals surface area contributed by atoms with Crippen LogP contribution in [-0.2, 0) is 20.0 Å². The summed E-state index contributed by atoms with van der Waals surface area (Å²) in [4.78, 5) is 0.319. The normalized spacial score (nSPS) is 12.5. The van der Waals surface area contributed by atoms with Crippen molar-refractivity contribution in [2.45, 2.75) is 35.5 Å². The number of aromatic nitrogens is 4. The molecule has 4 rings (SSSR count). The molecule has 4 N–H and O–H groups in total. The maximum absolute atomic E-state index is 12.6. The van der Waals surface area contributed by atoms with Gasteiger partial charge in [0, 0.05) is 13.1 Å². The first kappa shape index (κ1) is 28.8. The van der Waals surface area contributed by atoms with Crippen molar-refractivity contribution in [3.63, 3.8) is 0 Å². The molecule has 0 aliphatic carbocycles. The molecule has 2 aromatic heterocycles. The molecule has 0 aliphatic heterocycles. The monoisotopic (exact) mass is 598 g/mol. The minimum atomic E-state index is -3.62. The smallest absolute Gasteiger partial charge is 0.242 e. The number of benzene rings is 2. The third kappa shape index (κ3) is 7.69. The second-order valence-electron chi connectivity index (χ2n) is 8.49. The van der Waals surface area contributed by atoms with E-state index in [0.29, 0.717) is 61.1 Å². The molecule has 2 aromatic carbocycles. The fourth-order valence-electron chi connectivity index (χ4n) is 3.74. The van der Waals surface area contributed by atoms with Crippen molar-refractivity contribution in [1.29, 1.82) is 0 Å². The number of sulfonamides is 2. The van der Waals surface area contributed by atoms with Crippen LogP contribution in [0.25, 0.3) is 22.1 Å². The Hall–Kier alpha value is -2.18. The van der Waals surface area contributed by atoms with Crippen molar-refractivity contribution in [3.05, 3.63) is 36.4 Å². The average Bonchev–Trinajstić information content (AvgIpc) is 3.58. The Bertz CT molecular complexity index is 1420.